The molecule has 0 bridgehead atoms. The number of rotatable bonds is 6. The van der Waals surface area contributed by atoms with E-state index in [-0.39, 0.29) is 5.91 Å². The van der Waals surface area contributed by atoms with E-state index in [0.717, 1.165) is 17.7 Å². The van der Waals surface area contributed by atoms with Crippen LogP contribution >= 0.6 is 0 Å². The van der Waals surface area contributed by atoms with Gasteiger partial charge in [0.25, 0.3) is 0 Å². The molecule has 4 nitrogen and oxygen atoms in total. The standard InChI is InChI=1S/C21H25N3O/c25-21(11-10-18-5-4-12-22-15-18)23-16-19-6-8-20(9-7-19)17-24-13-2-1-3-14-24/h4-12,15H,1-3,13-14,16-17H2,(H,23,25)/b11-10+. The maximum absolute atomic E-state index is 11.9. The van der Waals surface area contributed by atoms with E-state index in [9.17, 15) is 4.79 Å². The summed E-state index contributed by atoms with van der Waals surface area (Å²) >= 11 is 0. The number of hydrogen-bond acceptors (Lipinski definition) is 3. The van der Waals surface area contributed by atoms with Gasteiger partial charge in [0.05, 0.1) is 0 Å². The van der Waals surface area contributed by atoms with Crippen molar-refractivity contribution in [2.45, 2.75) is 32.4 Å². The van der Waals surface area contributed by atoms with Gasteiger partial charge in [-0.3, -0.25) is 14.7 Å². The smallest absolute Gasteiger partial charge is 0.244 e. The largest absolute Gasteiger partial charge is 0.348 e. The van der Waals surface area contributed by atoms with Gasteiger partial charge in [0.2, 0.25) is 5.91 Å². The molecule has 0 unspecified atom stereocenters. The monoisotopic (exact) mass is 335 g/mol. The van der Waals surface area contributed by atoms with E-state index in [1.165, 1.54) is 37.9 Å². The van der Waals surface area contributed by atoms with Crippen LogP contribution in [0, 0.1) is 0 Å². The van der Waals surface area contributed by atoms with Crippen molar-refractivity contribution in [3.63, 3.8) is 0 Å². The fourth-order valence-corrected chi connectivity index (χ4v) is 3.03. The van der Waals surface area contributed by atoms with Crippen LogP contribution in [-0.2, 0) is 17.9 Å². The summed E-state index contributed by atoms with van der Waals surface area (Å²) in [7, 11) is 0. The van der Waals surface area contributed by atoms with Crippen LogP contribution in [-0.4, -0.2) is 28.9 Å². The molecule has 1 amide bonds. The maximum Gasteiger partial charge on any atom is 0.244 e. The Morgan fingerprint density at radius 2 is 1.84 bits per heavy atom. The van der Waals surface area contributed by atoms with Gasteiger partial charge in [0.1, 0.15) is 0 Å². The molecule has 0 atom stereocenters. The summed E-state index contributed by atoms with van der Waals surface area (Å²) in [5, 5.41) is 2.91. The minimum atomic E-state index is -0.0961. The molecule has 1 N–H and O–H groups in total. The maximum atomic E-state index is 11.9. The van der Waals surface area contributed by atoms with Gasteiger partial charge >= 0.3 is 0 Å². The Balaban J connectivity index is 1.45. The molecule has 0 saturated carbocycles. The molecule has 3 rings (SSSR count). The van der Waals surface area contributed by atoms with Crippen molar-refractivity contribution in [1.82, 2.24) is 15.2 Å². The third kappa shape index (κ3) is 5.84. The highest BCUT2D eigenvalue weighted by molar-refractivity contribution is 5.91. The molecule has 1 aliphatic heterocycles. The zero-order valence-corrected chi connectivity index (χ0v) is 14.5. The second-order valence-corrected chi connectivity index (χ2v) is 6.49. The fourth-order valence-electron chi connectivity index (χ4n) is 3.03. The Labute approximate surface area is 149 Å². The quantitative estimate of drug-likeness (QED) is 0.823. The van der Waals surface area contributed by atoms with Crippen LogP contribution in [0.1, 0.15) is 36.0 Å². The molecule has 4 heteroatoms. The highest BCUT2D eigenvalue weighted by Crippen LogP contribution is 2.13. The van der Waals surface area contributed by atoms with E-state index >= 15 is 0 Å². The predicted molar refractivity (Wildman–Crippen MR) is 101 cm³/mol. The van der Waals surface area contributed by atoms with Crippen molar-refractivity contribution in [1.29, 1.82) is 0 Å². The van der Waals surface area contributed by atoms with Crippen LogP contribution in [0.2, 0.25) is 0 Å². The van der Waals surface area contributed by atoms with Gasteiger partial charge in [-0.2, -0.15) is 0 Å². The second-order valence-electron chi connectivity index (χ2n) is 6.49. The number of nitrogens with one attached hydrogen (secondary N) is 1. The minimum absolute atomic E-state index is 0.0961. The van der Waals surface area contributed by atoms with Crippen LogP contribution in [0.4, 0.5) is 0 Å². The van der Waals surface area contributed by atoms with E-state index in [0.29, 0.717) is 6.54 Å². The van der Waals surface area contributed by atoms with Crippen LogP contribution in [0.15, 0.2) is 54.9 Å². The number of carbonyl (C=O) groups excluding carboxylic acids is 1. The lowest BCUT2D eigenvalue weighted by atomic mass is 10.1. The zero-order chi connectivity index (χ0) is 17.3. The summed E-state index contributed by atoms with van der Waals surface area (Å²) in [6, 6.07) is 12.3. The van der Waals surface area contributed by atoms with Gasteiger partial charge in [0, 0.05) is 31.6 Å². The van der Waals surface area contributed by atoms with Crippen molar-refractivity contribution < 1.29 is 4.79 Å². The molecule has 1 aromatic carbocycles. The average molecular weight is 335 g/mol. The first-order valence-corrected chi connectivity index (χ1v) is 8.96. The normalized spacial score (nSPS) is 15.4. The van der Waals surface area contributed by atoms with Gasteiger partial charge in [-0.05, 0) is 54.8 Å². The highest BCUT2D eigenvalue weighted by atomic mass is 16.1. The van der Waals surface area contributed by atoms with Crippen molar-refractivity contribution in [2.75, 3.05) is 13.1 Å². The molecule has 0 spiro atoms. The molecule has 1 fully saturated rings. The molecular weight excluding hydrogens is 310 g/mol. The van der Waals surface area contributed by atoms with Crippen molar-refractivity contribution >= 4 is 12.0 Å². The summed E-state index contributed by atoms with van der Waals surface area (Å²) in [4.78, 5) is 18.4. The number of nitrogens with zero attached hydrogens (tertiary/aromatic N) is 2. The van der Waals surface area contributed by atoms with E-state index in [1.54, 1.807) is 24.5 Å². The highest BCUT2D eigenvalue weighted by Gasteiger charge is 2.10. The molecule has 1 aliphatic rings. The fraction of sp³-hybridized carbons (Fsp3) is 0.333. The molecule has 25 heavy (non-hydrogen) atoms. The lowest BCUT2D eigenvalue weighted by Gasteiger charge is -2.26. The number of carbonyl (C=O) groups is 1. The topological polar surface area (TPSA) is 45.2 Å². The number of benzene rings is 1. The Morgan fingerprint density at radius 1 is 1.08 bits per heavy atom. The molecule has 0 aliphatic carbocycles. The lowest BCUT2D eigenvalue weighted by Crippen LogP contribution is -2.29. The van der Waals surface area contributed by atoms with E-state index < -0.39 is 0 Å². The van der Waals surface area contributed by atoms with Crippen LogP contribution < -0.4 is 5.32 Å². The lowest BCUT2D eigenvalue weighted by molar-refractivity contribution is -0.116. The summed E-state index contributed by atoms with van der Waals surface area (Å²) < 4.78 is 0. The van der Waals surface area contributed by atoms with E-state index in [1.807, 2.05) is 12.1 Å². The molecule has 0 radical (unpaired) electrons. The molecule has 1 aromatic heterocycles. The van der Waals surface area contributed by atoms with Crippen LogP contribution in [0.5, 0.6) is 0 Å². The number of piperidine rings is 1. The van der Waals surface area contributed by atoms with Gasteiger partial charge in [-0.25, -0.2) is 0 Å². The third-order valence-corrected chi connectivity index (χ3v) is 4.46. The summed E-state index contributed by atoms with van der Waals surface area (Å²) in [5.41, 5.74) is 3.37. The number of aromatic nitrogens is 1. The Morgan fingerprint density at radius 3 is 2.56 bits per heavy atom. The second kappa shape index (κ2) is 9.14. The van der Waals surface area contributed by atoms with E-state index in [2.05, 4.69) is 39.5 Å². The van der Waals surface area contributed by atoms with Gasteiger partial charge in [0.15, 0.2) is 0 Å². The number of hydrogen-bond donors (Lipinski definition) is 1. The first kappa shape index (κ1) is 17.4. The van der Waals surface area contributed by atoms with Crippen molar-refractivity contribution in [3.8, 4) is 0 Å². The summed E-state index contributed by atoms with van der Waals surface area (Å²) in [6.45, 7) is 3.99. The average Bonchev–Trinajstić information content (AvgIpc) is 2.67. The number of pyridine rings is 1. The summed E-state index contributed by atoms with van der Waals surface area (Å²) in [6.07, 6.45) is 10.8. The van der Waals surface area contributed by atoms with E-state index in [4.69, 9.17) is 0 Å². The predicted octanol–water partition coefficient (Wildman–Crippen LogP) is 3.40. The molecule has 2 heterocycles. The first-order valence-electron chi connectivity index (χ1n) is 8.96. The Hall–Kier alpha value is -2.46. The molecule has 1 saturated heterocycles. The SMILES string of the molecule is O=C(/C=C/c1cccnc1)NCc1ccc(CN2CCCCC2)cc1. The number of likely N-dealkylation sites (tertiary alicyclic amines) is 1. The zero-order valence-electron chi connectivity index (χ0n) is 14.5. The van der Waals surface area contributed by atoms with Gasteiger partial charge in [-0.15, -0.1) is 0 Å². The van der Waals surface area contributed by atoms with Crippen LogP contribution in [0.25, 0.3) is 6.08 Å². The van der Waals surface area contributed by atoms with Crippen molar-refractivity contribution in [2.24, 2.45) is 0 Å². The molecule has 2 aromatic rings. The third-order valence-electron chi connectivity index (χ3n) is 4.46. The van der Waals surface area contributed by atoms with Crippen molar-refractivity contribution in [3.05, 3.63) is 71.6 Å². The van der Waals surface area contributed by atoms with Gasteiger partial charge < -0.3 is 5.32 Å². The Bertz CT molecular complexity index is 689. The number of amides is 1. The van der Waals surface area contributed by atoms with Crippen LogP contribution in [0.3, 0.4) is 0 Å². The van der Waals surface area contributed by atoms with Gasteiger partial charge in [-0.1, -0.05) is 36.8 Å². The Kier molecular flexibility index (Phi) is 6.35. The molecular formula is C21H25N3O. The first-order chi connectivity index (χ1) is 12.3. The summed E-state index contributed by atoms with van der Waals surface area (Å²) in [5.74, 6) is -0.0961. The minimum Gasteiger partial charge on any atom is -0.348 e. The molecule has 130 valence electrons.